The zero-order chi connectivity index (χ0) is 26.6. The molecule has 200 valence electrons. The maximum Gasteiger partial charge on any atom is 0.252 e. The van der Waals surface area contributed by atoms with Gasteiger partial charge in [0.2, 0.25) is 17.6 Å². The molecule has 0 radical (unpaired) electrons. The largest absolute Gasteiger partial charge is 0.361 e. The molecule has 8 N–H and O–H groups in total. The van der Waals surface area contributed by atoms with Gasteiger partial charge in [-0.15, -0.1) is 0 Å². The number of nitrogens with zero attached hydrogens (tertiary/aromatic N) is 2. The number of benzene rings is 1. The lowest BCUT2D eigenvalue weighted by Crippen LogP contribution is -2.81. The van der Waals surface area contributed by atoms with Crippen LogP contribution in [0.2, 0.25) is 0 Å². The van der Waals surface area contributed by atoms with E-state index in [0.717, 1.165) is 36.1 Å². The van der Waals surface area contributed by atoms with Crippen LogP contribution in [0.15, 0.2) is 18.2 Å². The number of carbonyl (C=O) groups excluding carboxylic acids is 3. The molecule has 7 rings (SSSR count). The summed E-state index contributed by atoms with van der Waals surface area (Å²) in [6, 6.07) is 2.78. The maximum atomic E-state index is 13.5. The van der Waals surface area contributed by atoms with E-state index in [0.29, 0.717) is 5.56 Å². The molecule has 1 aromatic rings. The van der Waals surface area contributed by atoms with Crippen LogP contribution >= 0.6 is 0 Å². The molecule has 38 heavy (non-hydrogen) atoms. The summed E-state index contributed by atoms with van der Waals surface area (Å²) in [6.07, 6.45) is 4.28. The van der Waals surface area contributed by atoms with Crippen LogP contribution in [0.1, 0.15) is 53.6 Å². The fourth-order valence-electron chi connectivity index (χ4n) is 7.33. The number of carbonyl (C=O) groups is 3. The molecule has 1 saturated carbocycles. The molecule has 1 aromatic carbocycles. The lowest BCUT2D eigenvalue weighted by molar-refractivity contribution is -0.232. The van der Waals surface area contributed by atoms with Gasteiger partial charge in [0.15, 0.2) is 17.6 Å². The molecule has 4 atom stereocenters. The Kier molecular flexibility index (Phi) is 4.59. The average molecular weight is 523 g/mol. The molecule has 0 aromatic heterocycles. The van der Waals surface area contributed by atoms with Crippen molar-refractivity contribution in [2.75, 3.05) is 13.1 Å². The molecule has 4 saturated heterocycles. The Hall–Kier alpha value is -3.71. The molecule has 2 spiro atoms. The second kappa shape index (κ2) is 7.44. The Balaban J connectivity index is 1.19. The van der Waals surface area contributed by atoms with Gasteiger partial charge in [0.1, 0.15) is 6.04 Å². The van der Waals surface area contributed by atoms with Crippen molar-refractivity contribution < 1.29 is 24.6 Å². The lowest BCUT2D eigenvalue weighted by atomic mass is 9.84. The van der Waals surface area contributed by atoms with Crippen LogP contribution in [-0.2, 0) is 21.4 Å². The number of rotatable bonds is 4. The third-order valence-electron chi connectivity index (χ3n) is 9.44. The highest BCUT2D eigenvalue weighted by molar-refractivity contribution is 6.02. The number of hydrogen-bond donors (Lipinski definition) is 8. The Morgan fingerprint density at radius 3 is 2.53 bits per heavy atom. The molecular formula is C25H30N8O5. The Labute approximate surface area is 217 Å². The smallest absolute Gasteiger partial charge is 0.252 e. The Bertz CT molecular complexity index is 1310. The first-order valence-corrected chi connectivity index (χ1v) is 13.0. The van der Waals surface area contributed by atoms with E-state index in [1.165, 1.54) is 10.5 Å². The summed E-state index contributed by atoms with van der Waals surface area (Å²) in [7, 11) is 0. The number of hydrogen-bond acceptors (Lipinski definition) is 7. The topological polar surface area (TPSA) is 194 Å². The molecule has 13 heteroatoms. The van der Waals surface area contributed by atoms with E-state index in [1.54, 1.807) is 6.07 Å². The van der Waals surface area contributed by atoms with Gasteiger partial charge in [-0.2, -0.15) is 0 Å². The van der Waals surface area contributed by atoms with Crippen LogP contribution in [0.4, 0.5) is 0 Å². The van der Waals surface area contributed by atoms with Crippen molar-refractivity contribution in [3.63, 3.8) is 0 Å². The van der Waals surface area contributed by atoms with Gasteiger partial charge in [-0.05, 0) is 48.3 Å². The second-order valence-electron chi connectivity index (χ2n) is 11.4. The van der Waals surface area contributed by atoms with Crippen LogP contribution in [-0.4, -0.2) is 92.3 Å². The van der Waals surface area contributed by atoms with Gasteiger partial charge in [0.05, 0.1) is 18.6 Å². The van der Waals surface area contributed by atoms with Crippen molar-refractivity contribution in [2.45, 2.75) is 73.5 Å². The third-order valence-corrected chi connectivity index (χ3v) is 9.44. The first-order chi connectivity index (χ1) is 18.1. The molecule has 6 aliphatic rings. The highest BCUT2D eigenvalue weighted by Gasteiger charge is 2.74. The summed E-state index contributed by atoms with van der Waals surface area (Å²) in [4.78, 5) is 40.5. The van der Waals surface area contributed by atoms with Crippen LogP contribution in [0, 0.1) is 10.8 Å². The Morgan fingerprint density at radius 2 is 1.82 bits per heavy atom. The second-order valence-corrected chi connectivity index (χ2v) is 11.4. The fraction of sp³-hybridized carbons (Fsp3) is 0.560. The van der Waals surface area contributed by atoms with Crippen molar-refractivity contribution in [1.82, 2.24) is 31.1 Å². The van der Waals surface area contributed by atoms with E-state index in [1.807, 2.05) is 6.07 Å². The molecule has 13 nitrogen and oxygen atoms in total. The van der Waals surface area contributed by atoms with Gasteiger partial charge in [-0.25, -0.2) is 0 Å². The predicted octanol–water partition coefficient (Wildman–Crippen LogP) is -1.99. The normalized spacial score (nSPS) is 33.5. The minimum absolute atomic E-state index is 0.104. The van der Waals surface area contributed by atoms with E-state index < -0.39 is 35.5 Å². The SMILES string of the molecule is N=C1NC2[C@H](CN3C(=O)CCC3=O)NC(=N)N3CC(NC(=O)c4cccc5c4CCC54CC4)C(O)(O)C23N1. The van der Waals surface area contributed by atoms with Crippen LogP contribution in [0.25, 0.3) is 0 Å². The molecule has 4 heterocycles. The Morgan fingerprint density at radius 1 is 1.08 bits per heavy atom. The quantitative estimate of drug-likeness (QED) is 0.163. The first kappa shape index (κ1) is 23.4. The summed E-state index contributed by atoms with van der Waals surface area (Å²) >= 11 is 0. The maximum absolute atomic E-state index is 13.5. The summed E-state index contributed by atoms with van der Waals surface area (Å²) in [5.41, 5.74) is 1.13. The lowest BCUT2D eigenvalue weighted by Gasteiger charge is -2.51. The highest BCUT2D eigenvalue weighted by atomic mass is 16.5. The predicted molar refractivity (Wildman–Crippen MR) is 132 cm³/mol. The monoisotopic (exact) mass is 522 g/mol. The van der Waals surface area contributed by atoms with Gasteiger partial charge in [0, 0.05) is 24.9 Å². The molecule has 0 bridgehead atoms. The van der Waals surface area contributed by atoms with Crippen molar-refractivity contribution >= 4 is 29.6 Å². The third kappa shape index (κ3) is 2.91. The van der Waals surface area contributed by atoms with Crippen molar-refractivity contribution in [1.29, 1.82) is 10.8 Å². The number of guanidine groups is 2. The highest BCUT2D eigenvalue weighted by Crippen LogP contribution is 2.57. The molecule has 2 aliphatic carbocycles. The minimum Gasteiger partial charge on any atom is -0.361 e. The zero-order valence-electron chi connectivity index (χ0n) is 20.6. The molecular weight excluding hydrogens is 492 g/mol. The number of fused-ring (bicyclic) bond motifs is 2. The number of imide groups is 1. The molecule has 4 aliphatic heterocycles. The number of aliphatic hydroxyl groups is 2. The summed E-state index contributed by atoms with van der Waals surface area (Å²) in [5, 5.41) is 51.7. The van der Waals surface area contributed by atoms with Gasteiger partial charge >= 0.3 is 0 Å². The molecule has 3 amide bonds. The molecule has 5 fully saturated rings. The van der Waals surface area contributed by atoms with E-state index >= 15 is 0 Å². The van der Waals surface area contributed by atoms with Crippen molar-refractivity contribution in [3.05, 3.63) is 34.9 Å². The van der Waals surface area contributed by atoms with Gasteiger partial charge in [-0.3, -0.25) is 30.1 Å². The van der Waals surface area contributed by atoms with Gasteiger partial charge in [0.25, 0.3) is 5.91 Å². The van der Waals surface area contributed by atoms with Gasteiger partial charge < -0.3 is 36.4 Å². The van der Waals surface area contributed by atoms with Crippen LogP contribution in [0.5, 0.6) is 0 Å². The number of nitrogens with one attached hydrogen (secondary N) is 6. The minimum atomic E-state index is -2.62. The number of likely N-dealkylation sites (tertiary alicyclic amines) is 1. The van der Waals surface area contributed by atoms with E-state index in [9.17, 15) is 24.6 Å². The zero-order valence-corrected chi connectivity index (χ0v) is 20.6. The molecule has 3 unspecified atom stereocenters. The van der Waals surface area contributed by atoms with E-state index in [-0.39, 0.29) is 55.1 Å². The van der Waals surface area contributed by atoms with Gasteiger partial charge in [-0.1, -0.05) is 12.1 Å². The van der Waals surface area contributed by atoms with Crippen LogP contribution in [0.3, 0.4) is 0 Å². The average Bonchev–Trinajstić information content (AvgIpc) is 3.18. The van der Waals surface area contributed by atoms with Crippen molar-refractivity contribution in [3.8, 4) is 0 Å². The summed E-state index contributed by atoms with van der Waals surface area (Å²) in [5.74, 6) is -4.08. The number of amides is 3. The summed E-state index contributed by atoms with van der Waals surface area (Å²) in [6.45, 7) is -0.219. The fourth-order valence-corrected chi connectivity index (χ4v) is 7.33. The van der Waals surface area contributed by atoms with Crippen LogP contribution < -0.4 is 21.3 Å². The standard InChI is InChI=1S/C25H30N8O5/c26-21-30-19-15(10-32-17(34)4-5-18(32)35)28-22(27)33-11-16(25(37,38)24(19,33)31-21)29-20(36)13-2-1-3-14-12(13)6-7-23(14)8-9-23/h1-3,15-16,19,37-38H,4-11H2,(H2,27,28)(H,29,36)(H3,26,30,31)/t15-,16?,19?,24?/m0/s1. The van der Waals surface area contributed by atoms with E-state index in [4.69, 9.17) is 10.8 Å². The summed E-state index contributed by atoms with van der Waals surface area (Å²) < 4.78 is 0. The van der Waals surface area contributed by atoms with E-state index in [2.05, 4.69) is 27.3 Å². The first-order valence-electron chi connectivity index (χ1n) is 13.0. The van der Waals surface area contributed by atoms with Crippen molar-refractivity contribution in [2.24, 2.45) is 0 Å².